The van der Waals surface area contributed by atoms with E-state index in [2.05, 4.69) is 5.10 Å². The van der Waals surface area contributed by atoms with E-state index in [-0.39, 0.29) is 17.4 Å². The first kappa shape index (κ1) is 17.5. The van der Waals surface area contributed by atoms with E-state index in [0.29, 0.717) is 12.2 Å². The van der Waals surface area contributed by atoms with Gasteiger partial charge in [0.1, 0.15) is 11.3 Å². The van der Waals surface area contributed by atoms with Crippen molar-refractivity contribution in [1.82, 2.24) is 14.3 Å². The molecule has 0 saturated heterocycles. The van der Waals surface area contributed by atoms with Crippen molar-refractivity contribution in [3.63, 3.8) is 0 Å². The number of aromatic carboxylic acids is 1. The van der Waals surface area contributed by atoms with Crippen LogP contribution in [0.4, 0.5) is 0 Å². The Labute approximate surface area is 150 Å². The highest BCUT2D eigenvalue weighted by atomic mass is 16.5. The third kappa shape index (κ3) is 3.37. The molecule has 0 amide bonds. The fourth-order valence-corrected chi connectivity index (χ4v) is 2.88. The van der Waals surface area contributed by atoms with Crippen LogP contribution in [0.2, 0.25) is 0 Å². The van der Waals surface area contributed by atoms with E-state index < -0.39 is 11.4 Å². The number of carboxylic acids is 1. The van der Waals surface area contributed by atoms with Crippen LogP contribution in [0.3, 0.4) is 0 Å². The van der Waals surface area contributed by atoms with Crippen molar-refractivity contribution in [3.05, 3.63) is 76.5 Å². The van der Waals surface area contributed by atoms with E-state index in [9.17, 15) is 14.7 Å². The molecule has 2 aromatic heterocycles. The lowest BCUT2D eigenvalue weighted by molar-refractivity contribution is 0.0693. The molecule has 1 unspecified atom stereocenters. The highest BCUT2D eigenvalue weighted by Crippen LogP contribution is 2.25. The average Bonchev–Trinajstić information content (AvgIpc) is 3.04. The second-order valence-corrected chi connectivity index (χ2v) is 5.84. The van der Waals surface area contributed by atoms with Crippen LogP contribution in [0.15, 0.2) is 59.8 Å². The van der Waals surface area contributed by atoms with Crippen LogP contribution in [0.1, 0.15) is 35.4 Å². The first-order valence-electron chi connectivity index (χ1n) is 8.21. The Balaban J connectivity index is 2.12. The molecule has 7 nitrogen and oxygen atoms in total. The van der Waals surface area contributed by atoms with Gasteiger partial charge in [-0.2, -0.15) is 5.10 Å². The minimum absolute atomic E-state index is 0.0308. The maximum absolute atomic E-state index is 12.5. The van der Waals surface area contributed by atoms with Gasteiger partial charge in [0.05, 0.1) is 17.9 Å². The molecule has 26 heavy (non-hydrogen) atoms. The summed E-state index contributed by atoms with van der Waals surface area (Å²) in [5, 5.41) is 13.6. The Morgan fingerprint density at radius 3 is 2.54 bits per heavy atom. The lowest BCUT2D eigenvalue weighted by atomic mass is 10.1. The van der Waals surface area contributed by atoms with Crippen molar-refractivity contribution >= 4 is 5.97 Å². The van der Waals surface area contributed by atoms with E-state index in [1.807, 2.05) is 26.1 Å². The van der Waals surface area contributed by atoms with E-state index in [4.69, 9.17) is 4.74 Å². The van der Waals surface area contributed by atoms with Gasteiger partial charge in [-0.25, -0.2) is 4.79 Å². The molecule has 3 aromatic rings. The summed E-state index contributed by atoms with van der Waals surface area (Å²) < 4.78 is 9.09. The zero-order valence-electron chi connectivity index (χ0n) is 14.5. The van der Waals surface area contributed by atoms with E-state index in [0.717, 1.165) is 5.69 Å². The van der Waals surface area contributed by atoms with Crippen molar-refractivity contribution < 1.29 is 14.6 Å². The van der Waals surface area contributed by atoms with Crippen LogP contribution in [0, 0.1) is 0 Å². The third-order valence-corrected chi connectivity index (χ3v) is 4.16. The van der Waals surface area contributed by atoms with E-state index >= 15 is 0 Å². The van der Waals surface area contributed by atoms with Gasteiger partial charge in [-0.15, -0.1) is 0 Å². The number of ether oxygens (including phenoxy) is 1. The highest BCUT2D eigenvalue weighted by molar-refractivity contribution is 5.87. The summed E-state index contributed by atoms with van der Waals surface area (Å²) in [5.74, 6) is -0.855. The molecule has 134 valence electrons. The molecule has 0 saturated carbocycles. The molecule has 0 radical (unpaired) electrons. The normalized spacial score (nSPS) is 11.9. The lowest BCUT2D eigenvalue weighted by Crippen LogP contribution is -2.22. The molecule has 0 spiro atoms. The second kappa shape index (κ2) is 7.26. The molecule has 1 N–H and O–H groups in total. The van der Waals surface area contributed by atoms with Crippen LogP contribution >= 0.6 is 0 Å². The summed E-state index contributed by atoms with van der Waals surface area (Å²) in [6.07, 6.45) is 5.26. The largest absolute Gasteiger partial charge is 0.477 e. The quantitative estimate of drug-likeness (QED) is 0.736. The predicted octanol–water partition coefficient (Wildman–Crippen LogP) is 3.07. The summed E-state index contributed by atoms with van der Waals surface area (Å²) in [5.41, 5.74) is -0.0883. The Bertz CT molecular complexity index is 976. The van der Waals surface area contributed by atoms with Crippen molar-refractivity contribution in [1.29, 1.82) is 0 Å². The van der Waals surface area contributed by atoms with Gasteiger partial charge in [0.2, 0.25) is 5.43 Å². The minimum atomic E-state index is -1.29. The predicted molar refractivity (Wildman–Crippen MR) is 95.8 cm³/mol. The number of hydrogen-bond acceptors (Lipinski definition) is 4. The Morgan fingerprint density at radius 2 is 1.96 bits per heavy atom. The standard InChI is InChI=1S/C19H19N3O4/c1-3-15(16-9-10-20-21(16)2)22-11-14(19(24)25)18(23)17(12-22)26-13-7-5-4-6-8-13/h4-12,15H,3H2,1-2H3,(H,24,25). The maximum atomic E-state index is 12.5. The number of carbonyl (C=O) groups is 1. The van der Waals surface area contributed by atoms with Gasteiger partial charge in [0.15, 0.2) is 5.75 Å². The summed E-state index contributed by atoms with van der Waals surface area (Å²) in [7, 11) is 1.82. The number of rotatable bonds is 6. The van der Waals surface area contributed by atoms with Gasteiger partial charge >= 0.3 is 5.97 Å². The average molecular weight is 353 g/mol. The molecule has 7 heteroatoms. The molecule has 1 atom stereocenters. The molecule has 0 aliphatic heterocycles. The van der Waals surface area contributed by atoms with Crippen LogP contribution < -0.4 is 10.2 Å². The van der Waals surface area contributed by atoms with Crippen molar-refractivity contribution in [2.24, 2.45) is 7.05 Å². The monoisotopic (exact) mass is 353 g/mol. The van der Waals surface area contributed by atoms with Crippen molar-refractivity contribution in [3.8, 4) is 11.5 Å². The SMILES string of the molecule is CCC(c1ccnn1C)n1cc(Oc2ccccc2)c(=O)c(C(=O)O)c1. The molecular weight excluding hydrogens is 334 g/mol. The summed E-state index contributed by atoms with van der Waals surface area (Å²) in [4.78, 5) is 24.1. The summed E-state index contributed by atoms with van der Waals surface area (Å²) in [6, 6.07) is 10.5. The number of benzene rings is 1. The van der Waals surface area contributed by atoms with Gasteiger partial charge < -0.3 is 14.4 Å². The molecule has 1 aromatic carbocycles. The summed E-state index contributed by atoms with van der Waals surface area (Å²) >= 11 is 0. The van der Waals surface area contributed by atoms with E-state index in [1.165, 1.54) is 6.20 Å². The molecule has 0 aliphatic rings. The molecule has 0 bridgehead atoms. The summed E-state index contributed by atoms with van der Waals surface area (Å²) in [6.45, 7) is 1.98. The lowest BCUT2D eigenvalue weighted by Gasteiger charge is -2.21. The fraction of sp³-hybridized carbons (Fsp3) is 0.211. The molecule has 0 aliphatic carbocycles. The number of hydrogen-bond donors (Lipinski definition) is 1. The van der Waals surface area contributed by atoms with Crippen molar-refractivity contribution in [2.45, 2.75) is 19.4 Å². The molecule has 0 fully saturated rings. The van der Waals surface area contributed by atoms with Gasteiger partial charge in [-0.1, -0.05) is 25.1 Å². The Morgan fingerprint density at radius 1 is 1.23 bits per heavy atom. The molecule has 2 heterocycles. The smallest absolute Gasteiger partial charge is 0.341 e. The number of pyridine rings is 1. The highest BCUT2D eigenvalue weighted by Gasteiger charge is 2.21. The second-order valence-electron chi connectivity index (χ2n) is 5.84. The number of nitrogens with zero attached hydrogens (tertiary/aromatic N) is 3. The number of carboxylic acid groups (broad SMARTS) is 1. The Hall–Kier alpha value is -3.35. The molecular formula is C19H19N3O4. The van der Waals surface area contributed by atoms with Crippen LogP contribution in [0.5, 0.6) is 11.5 Å². The topological polar surface area (TPSA) is 86.4 Å². The first-order valence-corrected chi connectivity index (χ1v) is 8.21. The first-order chi connectivity index (χ1) is 12.5. The van der Waals surface area contributed by atoms with Gasteiger partial charge in [0, 0.05) is 19.4 Å². The third-order valence-electron chi connectivity index (χ3n) is 4.16. The minimum Gasteiger partial charge on any atom is -0.477 e. The number of para-hydroxylation sites is 1. The molecule has 3 rings (SSSR count). The van der Waals surface area contributed by atoms with Gasteiger partial charge in [-0.3, -0.25) is 9.48 Å². The van der Waals surface area contributed by atoms with Gasteiger partial charge in [-0.05, 0) is 24.6 Å². The fourth-order valence-electron chi connectivity index (χ4n) is 2.88. The van der Waals surface area contributed by atoms with Crippen molar-refractivity contribution in [2.75, 3.05) is 0 Å². The number of aromatic nitrogens is 3. The maximum Gasteiger partial charge on any atom is 0.341 e. The number of aryl methyl sites for hydroxylation is 1. The van der Waals surface area contributed by atoms with Crippen LogP contribution in [0.25, 0.3) is 0 Å². The van der Waals surface area contributed by atoms with Crippen LogP contribution in [-0.4, -0.2) is 25.4 Å². The van der Waals surface area contributed by atoms with E-state index in [1.54, 1.807) is 45.9 Å². The zero-order valence-corrected chi connectivity index (χ0v) is 14.5. The Kier molecular flexibility index (Phi) is 4.88. The van der Waals surface area contributed by atoms with Crippen LogP contribution in [-0.2, 0) is 7.05 Å². The zero-order chi connectivity index (χ0) is 18.7. The van der Waals surface area contributed by atoms with Gasteiger partial charge in [0.25, 0.3) is 0 Å².